The molecule has 4 heterocycles. The van der Waals surface area contributed by atoms with Gasteiger partial charge in [-0.05, 0) is 70.0 Å². The Hall–Kier alpha value is -5.07. The third kappa shape index (κ3) is 5.45. The maximum Gasteiger partial charge on any atom is 0.410 e. The van der Waals surface area contributed by atoms with Crippen molar-refractivity contribution in [2.75, 3.05) is 38.0 Å². The second-order valence-electron chi connectivity index (χ2n) is 11.4. The van der Waals surface area contributed by atoms with Gasteiger partial charge in [-0.15, -0.1) is 0 Å². The standard InChI is InChI=1S/C30H33N7O6/c1-30(2,3)43-29(39)36-13-5-6-18(14-36)37-27-22(26(31)32-15-33-27)23(35-37)20-11-12-21(25-24(20)41-16-42-25)34-28(38)17-7-9-19(40-4)10-8-17/h7-12,15,18H,5-6,13-14,16H2,1-4H3,(H,34,38)(H2,31,32,33)/t18-/m1/s1. The van der Waals surface area contributed by atoms with Crippen LogP contribution in [0.1, 0.15) is 50.0 Å². The number of nitrogens with one attached hydrogen (secondary N) is 1. The van der Waals surface area contributed by atoms with Crippen LogP contribution in [0.3, 0.4) is 0 Å². The number of nitrogen functional groups attached to an aromatic ring is 1. The van der Waals surface area contributed by atoms with Crippen molar-refractivity contribution >= 4 is 34.5 Å². The SMILES string of the molecule is COc1ccc(C(=O)Nc2ccc(-c3nn([C@@H]4CCCN(C(=O)OC(C)(C)C)C4)c4ncnc(N)c34)c3c2OCO3)cc1. The minimum Gasteiger partial charge on any atom is -0.497 e. The third-order valence-corrected chi connectivity index (χ3v) is 7.29. The molecule has 2 amide bonds. The fourth-order valence-corrected chi connectivity index (χ4v) is 5.30. The molecule has 13 heteroatoms. The molecule has 2 aliphatic heterocycles. The van der Waals surface area contributed by atoms with Crippen LogP contribution in [0.5, 0.6) is 17.2 Å². The van der Waals surface area contributed by atoms with E-state index in [1.165, 1.54) is 6.33 Å². The molecule has 1 fully saturated rings. The van der Waals surface area contributed by atoms with Crippen LogP contribution in [0.15, 0.2) is 42.7 Å². The van der Waals surface area contributed by atoms with Crippen LogP contribution >= 0.6 is 0 Å². The van der Waals surface area contributed by atoms with E-state index in [0.717, 1.165) is 12.8 Å². The van der Waals surface area contributed by atoms with Crippen molar-refractivity contribution in [1.82, 2.24) is 24.6 Å². The lowest BCUT2D eigenvalue weighted by atomic mass is 10.1. The molecule has 43 heavy (non-hydrogen) atoms. The van der Waals surface area contributed by atoms with Gasteiger partial charge < -0.3 is 34.9 Å². The zero-order chi connectivity index (χ0) is 30.3. The van der Waals surface area contributed by atoms with Gasteiger partial charge >= 0.3 is 6.09 Å². The number of nitrogens with zero attached hydrogens (tertiary/aromatic N) is 5. The molecule has 0 aliphatic carbocycles. The molecule has 2 aromatic carbocycles. The van der Waals surface area contributed by atoms with E-state index in [4.69, 9.17) is 29.8 Å². The number of amides is 2. The number of rotatable bonds is 5. The number of benzene rings is 2. The van der Waals surface area contributed by atoms with E-state index in [0.29, 0.717) is 63.9 Å². The number of piperidine rings is 1. The molecule has 0 spiro atoms. The summed E-state index contributed by atoms with van der Waals surface area (Å²) in [6, 6.07) is 10.2. The smallest absolute Gasteiger partial charge is 0.410 e. The van der Waals surface area contributed by atoms with Gasteiger partial charge in [0.25, 0.3) is 5.91 Å². The number of likely N-dealkylation sites (tertiary alicyclic amines) is 1. The van der Waals surface area contributed by atoms with E-state index in [1.54, 1.807) is 53.1 Å². The van der Waals surface area contributed by atoms with E-state index >= 15 is 0 Å². The number of hydrogen-bond donors (Lipinski definition) is 2. The van der Waals surface area contributed by atoms with Crippen LogP contribution < -0.4 is 25.3 Å². The van der Waals surface area contributed by atoms with Gasteiger partial charge in [0.15, 0.2) is 17.1 Å². The first-order valence-corrected chi connectivity index (χ1v) is 14.0. The fraction of sp³-hybridized carbons (Fsp3) is 0.367. The predicted molar refractivity (Wildman–Crippen MR) is 158 cm³/mol. The van der Waals surface area contributed by atoms with Crippen LogP contribution in [0, 0.1) is 0 Å². The normalized spacial score (nSPS) is 16.3. The van der Waals surface area contributed by atoms with Crippen molar-refractivity contribution in [3.63, 3.8) is 0 Å². The van der Waals surface area contributed by atoms with Gasteiger partial charge in [0.05, 0.1) is 24.2 Å². The van der Waals surface area contributed by atoms with Crippen molar-refractivity contribution in [3.05, 3.63) is 48.3 Å². The summed E-state index contributed by atoms with van der Waals surface area (Å²) in [6.45, 7) is 6.51. The zero-order valence-electron chi connectivity index (χ0n) is 24.4. The van der Waals surface area contributed by atoms with Gasteiger partial charge in [0.2, 0.25) is 6.79 Å². The number of aromatic nitrogens is 4. The zero-order valence-corrected chi connectivity index (χ0v) is 24.4. The van der Waals surface area contributed by atoms with Crippen LogP contribution in [-0.2, 0) is 4.74 Å². The van der Waals surface area contributed by atoms with Gasteiger partial charge in [-0.2, -0.15) is 5.10 Å². The molecule has 1 saturated heterocycles. The summed E-state index contributed by atoms with van der Waals surface area (Å²) in [5, 5.41) is 8.43. The van der Waals surface area contributed by atoms with Gasteiger partial charge in [-0.1, -0.05) is 0 Å². The Morgan fingerprint density at radius 1 is 1.07 bits per heavy atom. The van der Waals surface area contributed by atoms with Crippen molar-refractivity contribution < 1.29 is 28.5 Å². The maximum atomic E-state index is 13.0. The van der Waals surface area contributed by atoms with Crippen molar-refractivity contribution in [3.8, 4) is 28.5 Å². The molecule has 4 aromatic rings. The fourth-order valence-electron chi connectivity index (χ4n) is 5.30. The van der Waals surface area contributed by atoms with Crippen LogP contribution in [0.2, 0.25) is 0 Å². The highest BCUT2D eigenvalue weighted by atomic mass is 16.7. The molecule has 6 rings (SSSR count). The number of anilines is 2. The third-order valence-electron chi connectivity index (χ3n) is 7.29. The Kier molecular flexibility index (Phi) is 7.16. The van der Waals surface area contributed by atoms with Crippen molar-refractivity contribution in [1.29, 1.82) is 0 Å². The highest BCUT2D eigenvalue weighted by Crippen LogP contribution is 2.48. The molecule has 0 saturated carbocycles. The Bertz CT molecular complexity index is 1700. The maximum absolute atomic E-state index is 13.0. The molecule has 13 nitrogen and oxygen atoms in total. The number of carbonyl (C=O) groups excluding carboxylic acids is 2. The van der Waals surface area contributed by atoms with Crippen molar-refractivity contribution in [2.45, 2.75) is 45.3 Å². The summed E-state index contributed by atoms with van der Waals surface area (Å²) in [4.78, 5) is 36.3. The average molecular weight is 588 g/mol. The number of methoxy groups -OCH3 is 1. The summed E-state index contributed by atoms with van der Waals surface area (Å²) in [5.41, 5.74) is 8.36. The van der Waals surface area contributed by atoms with Crippen LogP contribution in [0.4, 0.5) is 16.3 Å². The largest absolute Gasteiger partial charge is 0.497 e. The lowest BCUT2D eigenvalue weighted by Gasteiger charge is -2.34. The Balaban J connectivity index is 1.34. The molecule has 224 valence electrons. The summed E-state index contributed by atoms with van der Waals surface area (Å²) in [5.74, 6) is 1.40. The molecule has 2 aromatic heterocycles. The van der Waals surface area contributed by atoms with Crippen molar-refractivity contribution in [2.24, 2.45) is 0 Å². The van der Waals surface area contributed by atoms with Gasteiger partial charge in [-0.25, -0.2) is 19.4 Å². The monoisotopic (exact) mass is 587 g/mol. The van der Waals surface area contributed by atoms with Crippen LogP contribution in [0.25, 0.3) is 22.3 Å². The molecule has 0 radical (unpaired) electrons. The van der Waals surface area contributed by atoms with Gasteiger partial charge in [0.1, 0.15) is 29.2 Å². The Morgan fingerprint density at radius 2 is 1.84 bits per heavy atom. The summed E-state index contributed by atoms with van der Waals surface area (Å²) in [7, 11) is 1.57. The molecule has 3 N–H and O–H groups in total. The molecule has 0 unspecified atom stereocenters. The minimum atomic E-state index is -0.597. The first-order valence-electron chi connectivity index (χ1n) is 14.0. The highest BCUT2D eigenvalue weighted by molar-refractivity contribution is 6.06. The molecular formula is C30H33N7O6. The average Bonchev–Trinajstić information content (AvgIpc) is 3.63. The summed E-state index contributed by atoms with van der Waals surface area (Å²) in [6.07, 6.45) is 2.60. The summed E-state index contributed by atoms with van der Waals surface area (Å²) >= 11 is 0. The number of nitrogens with two attached hydrogens (primary N) is 1. The second-order valence-corrected chi connectivity index (χ2v) is 11.4. The lowest BCUT2D eigenvalue weighted by Crippen LogP contribution is -2.43. The second kappa shape index (κ2) is 11.0. The number of hydrogen-bond acceptors (Lipinski definition) is 10. The van der Waals surface area contributed by atoms with E-state index in [9.17, 15) is 9.59 Å². The summed E-state index contributed by atoms with van der Waals surface area (Å²) < 4.78 is 24.3. The molecule has 2 aliphatic rings. The first-order chi connectivity index (χ1) is 20.6. The van der Waals surface area contributed by atoms with E-state index in [1.807, 2.05) is 20.8 Å². The number of ether oxygens (including phenoxy) is 4. The van der Waals surface area contributed by atoms with E-state index < -0.39 is 5.60 Å². The highest BCUT2D eigenvalue weighted by Gasteiger charge is 2.33. The van der Waals surface area contributed by atoms with E-state index in [2.05, 4.69) is 15.3 Å². The van der Waals surface area contributed by atoms with Gasteiger partial charge in [0, 0.05) is 24.2 Å². The number of fused-ring (bicyclic) bond motifs is 2. The van der Waals surface area contributed by atoms with E-state index in [-0.39, 0.29) is 30.7 Å². The molecular weight excluding hydrogens is 554 g/mol. The topological polar surface area (TPSA) is 156 Å². The quantitative estimate of drug-likeness (QED) is 0.337. The molecule has 0 bridgehead atoms. The Labute approximate surface area is 247 Å². The van der Waals surface area contributed by atoms with Crippen LogP contribution in [-0.4, -0.2) is 69.2 Å². The predicted octanol–water partition coefficient (Wildman–Crippen LogP) is 4.64. The minimum absolute atomic E-state index is 0.0319. The van der Waals surface area contributed by atoms with Gasteiger partial charge in [-0.3, -0.25) is 4.79 Å². The Morgan fingerprint density at radius 3 is 2.58 bits per heavy atom. The first kappa shape index (κ1) is 28.1. The number of carbonyl (C=O) groups is 2. The molecule has 1 atom stereocenters. The lowest BCUT2D eigenvalue weighted by molar-refractivity contribution is 0.0169.